The Kier molecular flexibility index (Phi) is 3.65. The molecule has 1 aliphatic rings. The maximum Gasteiger partial charge on any atom is 0.459 e. The Morgan fingerprint density at radius 2 is 1.87 bits per heavy atom. The number of alkyl halides is 5. The van der Waals surface area contributed by atoms with Crippen molar-refractivity contribution in [3.05, 3.63) is 30.2 Å². The molecule has 2 aromatic heterocycles. The van der Waals surface area contributed by atoms with Crippen LogP contribution in [0.2, 0.25) is 0 Å². The second kappa shape index (κ2) is 5.39. The van der Waals surface area contributed by atoms with Gasteiger partial charge < -0.3 is 4.90 Å². The quantitative estimate of drug-likeness (QED) is 0.805. The van der Waals surface area contributed by atoms with Gasteiger partial charge in [0.2, 0.25) is 0 Å². The topological polar surface area (TPSA) is 59.7 Å². The highest BCUT2D eigenvalue weighted by Crippen LogP contribution is 2.42. The first kappa shape index (κ1) is 15.6. The van der Waals surface area contributed by atoms with E-state index in [4.69, 9.17) is 0 Å². The molecule has 0 unspecified atom stereocenters. The highest BCUT2D eigenvalue weighted by Gasteiger charge is 2.60. The van der Waals surface area contributed by atoms with Gasteiger partial charge in [-0.3, -0.25) is 0 Å². The van der Waals surface area contributed by atoms with Crippen molar-refractivity contribution in [2.24, 2.45) is 0 Å². The van der Waals surface area contributed by atoms with Gasteiger partial charge in [-0.05, 0) is 18.6 Å². The van der Waals surface area contributed by atoms with Crippen LogP contribution in [0, 0.1) is 0 Å². The van der Waals surface area contributed by atoms with Crippen molar-refractivity contribution in [2.75, 3.05) is 18.0 Å². The van der Waals surface area contributed by atoms with E-state index in [1.165, 1.54) is 6.20 Å². The molecule has 0 bridgehead atoms. The molecule has 1 saturated heterocycles. The van der Waals surface area contributed by atoms with E-state index >= 15 is 0 Å². The lowest BCUT2D eigenvalue weighted by atomic mass is 10.2. The molecule has 2 aromatic rings. The first-order chi connectivity index (χ1) is 10.8. The molecule has 11 heteroatoms. The first-order valence-electron chi connectivity index (χ1n) is 6.68. The third-order valence-electron chi connectivity index (χ3n) is 3.63. The fraction of sp³-hybridized carbons (Fsp3) is 0.500. The van der Waals surface area contributed by atoms with Crippen LogP contribution in [0.15, 0.2) is 24.5 Å². The molecule has 124 valence electrons. The fourth-order valence-corrected chi connectivity index (χ4v) is 2.38. The standard InChI is InChI=1S/C12H11F5N6/c13-11(14,12(15,16)17)9-1-2-10(20-19-9)22-5-3-8(7-22)23-6-4-18-21-23/h1-2,4,6,8H,3,5,7H2/t8-/m1/s1. The Labute approximate surface area is 126 Å². The maximum absolute atomic E-state index is 13.2. The minimum absolute atomic E-state index is 0.0376. The van der Waals surface area contributed by atoms with E-state index in [1.807, 2.05) is 0 Å². The molecule has 0 N–H and O–H groups in total. The van der Waals surface area contributed by atoms with Crippen LogP contribution in [0.25, 0.3) is 0 Å². The minimum atomic E-state index is -5.70. The summed E-state index contributed by atoms with van der Waals surface area (Å²) in [6.45, 7) is 1.06. The van der Waals surface area contributed by atoms with E-state index in [9.17, 15) is 22.0 Å². The molecule has 6 nitrogen and oxygen atoms in total. The van der Waals surface area contributed by atoms with E-state index in [0.29, 0.717) is 19.2 Å². The van der Waals surface area contributed by atoms with Crippen LogP contribution < -0.4 is 4.90 Å². The zero-order chi connectivity index (χ0) is 16.7. The summed E-state index contributed by atoms with van der Waals surface area (Å²) < 4.78 is 64.8. The monoisotopic (exact) mass is 334 g/mol. The summed E-state index contributed by atoms with van der Waals surface area (Å²) in [7, 11) is 0. The summed E-state index contributed by atoms with van der Waals surface area (Å²) in [5, 5.41) is 14.1. The van der Waals surface area contributed by atoms with Crippen LogP contribution in [0.1, 0.15) is 18.2 Å². The van der Waals surface area contributed by atoms with E-state index in [-0.39, 0.29) is 11.9 Å². The van der Waals surface area contributed by atoms with Crippen molar-refractivity contribution in [2.45, 2.75) is 24.6 Å². The molecule has 0 aliphatic carbocycles. The number of rotatable bonds is 3. The number of nitrogens with zero attached hydrogens (tertiary/aromatic N) is 6. The van der Waals surface area contributed by atoms with Crippen molar-refractivity contribution >= 4 is 5.82 Å². The Hall–Kier alpha value is -2.33. The predicted octanol–water partition coefficient (Wildman–Crippen LogP) is 2.17. The van der Waals surface area contributed by atoms with Gasteiger partial charge in [-0.2, -0.15) is 22.0 Å². The smallest absolute Gasteiger partial charge is 0.353 e. The molecule has 0 radical (unpaired) electrons. The lowest BCUT2D eigenvalue weighted by Gasteiger charge is -2.20. The van der Waals surface area contributed by atoms with E-state index in [1.54, 1.807) is 15.8 Å². The summed E-state index contributed by atoms with van der Waals surface area (Å²) >= 11 is 0. The second-order valence-corrected chi connectivity index (χ2v) is 5.12. The molecular weight excluding hydrogens is 323 g/mol. The third-order valence-corrected chi connectivity index (χ3v) is 3.63. The summed E-state index contributed by atoms with van der Waals surface area (Å²) in [5.41, 5.74) is -1.42. The lowest BCUT2D eigenvalue weighted by molar-refractivity contribution is -0.291. The van der Waals surface area contributed by atoms with Crippen molar-refractivity contribution in [1.82, 2.24) is 25.2 Å². The molecule has 0 aromatic carbocycles. The first-order valence-corrected chi connectivity index (χ1v) is 6.68. The fourth-order valence-electron chi connectivity index (χ4n) is 2.38. The molecule has 1 atom stereocenters. The number of anilines is 1. The highest BCUT2D eigenvalue weighted by atomic mass is 19.4. The normalized spacial score (nSPS) is 19.3. The number of aromatic nitrogens is 5. The minimum Gasteiger partial charge on any atom is -0.353 e. The molecule has 3 heterocycles. The number of hydrogen-bond donors (Lipinski definition) is 0. The van der Waals surface area contributed by atoms with Crippen LogP contribution in [-0.4, -0.2) is 44.5 Å². The Balaban J connectivity index is 1.74. The van der Waals surface area contributed by atoms with Gasteiger partial charge in [-0.15, -0.1) is 15.3 Å². The van der Waals surface area contributed by atoms with Crippen molar-refractivity contribution in [3.63, 3.8) is 0 Å². The molecule has 0 spiro atoms. The average molecular weight is 334 g/mol. The van der Waals surface area contributed by atoms with Crippen LogP contribution in [0.3, 0.4) is 0 Å². The van der Waals surface area contributed by atoms with Gasteiger partial charge in [-0.25, -0.2) is 4.68 Å². The Morgan fingerprint density at radius 3 is 2.43 bits per heavy atom. The zero-order valence-corrected chi connectivity index (χ0v) is 11.6. The summed E-state index contributed by atoms with van der Waals surface area (Å²) in [5.74, 6) is -4.78. The van der Waals surface area contributed by atoms with Gasteiger partial charge in [0.25, 0.3) is 0 Å². The third kappa shape index (κ3) is 2.82. The molecular formula is C12H11F5N6. The van der Waals surface area contributed by atoms with Gasteiger partial charge in [-0.1, -0.05) is 5.21 Å². The second-order valence-electron chi connectivity index (χ2n) is 5.12. The number of halogens is 5. The van der Waals surface area contributed by atoms with Gasteiger partial charge in [0, 0.05) is 19.3 Å². The lowest BCUT2D eigenvalue weighted by Crippen LogP contribution is -2.35. The van der Waals surface area contributed by atoms with E-state index in [0.717, 1.165) is 12.5 Å². The number of hydrogen-bond acceptors (Lipinski definition) is 5. The van der Waals surface area contributed by atoms with Crippen LogP contribution in [0.4, 0.5) is 27.8 Å². The summed E-state index contributed by atoms with van der Waals surface area (Å²) in [6, 6.07) is 1.81. The molecule has 0 amide bonds. The molecule has 0 saturated carbocycles. The van der Waals surface area contributed by atoms with Gasteiger partial charge in [0.1, 0.15) is 5.69 Å². The average Bonchev–Trinajstić information content (AvgIpc) is 3.17. The Bertz CT molecular complexity index is 654. The summed E-state index contributed by atoms with van der Waals surface area (Å²) in [4.78, 5) is 1.74. The largest absolute Gasteiger partial charge is 0.459 e. The SMILES string of the molecule is FC(F)(F)C(F)(F)c1ccc(N2CC[C@@H](n3ccnn3)C2)nn1. The molecule has 1 fully saturated rings. The van der Waals surface area contributed by atoms with Crippen molar-refractivity contribution in [1.29, 1.82) is 0 Å². The van der Waals surface area contributed by atoms with Crippen molar-refractivity contribution < 1.29 is 22.0 Å². The highest BCUT2D eigenvalue weighted by molar-refractivity contribution is 5.39. The van der Waals surface area contributed by atoms with Crippen LogP contribution in [-0.2, 0) is 5.92 Å². The van der Waals surface area contributed by atoms with Crippen LogP contribution >= 0.6 is 0 Å². The Morgan fingerprint density at radius 1 is 1.09 bits per heavy atom. The van der Waals surface area contributed by atoms with Gasteiger partial charge in [0.15, 0.2) is 5.82 Å². The zero-order valence-electron chi connectivity index (χ0n) is 11.6. The van der Waals surface area contributed by atoms with Gasteiger partial charge in [0.05, 0.1) is 12.2 Å². The van der Waals surface area contributed by atoms with Crippen molar-refractivity contribution in [3.8, 4) is 0 Å². The van der Waals surface area contributed by atoms with Gasteiger partial charge >= 0.3 is 12.1 Å². The predicted molar refractivity (Wildman–Crippen MR) is 67.9 cm³/mol. The van der Waals surface area contributed by atoms with E-state index in [2.05, 4.69) is 20.5 Å². The van der Waals surface area contributed by atoms with E-state index < -0.39 is 17.8 Å². The molecule has 23 heavy (non-hydrogen) atoms. The van der Waals surface area contributed by atoms with Crippen LogP contribution in [0.5, 0.6) is 0 Å². The molecule has 3 rings (SSSR count). The maximum atomic E-state index is 13.2. The summed E-state index contributed by atoms with van der Waals surface area (Å²) in [6.07, 6.45) is -1.73. The molecule has 1 aliphatic heterocycles.